The topological polar surface area (TPSA) is 42.0 Å². The lowest BCUT2D eigenvalue weighted by atomic mass is 10.2. The summed E-state index contributed by atoms with van der Waals surface area (Å²) in [6, 6.07) is 11.5. The molecule has 0 atom stereocenters. The zero-order valence-corrected chi connectivity index (χ0v) is 17.3. The molecule has 0 saturated heterocycles. The fourth-order valence-electron chi connectivity index (χ4n) is 2.31. The third kappa shape index (κ3) is 4.80. The first-order valence-electron chi connectivity index (χ1n) is 7.83. The number of thioether (sulfide) groups is 1. The smallest absolute Gasteiger partial charge is 0.236 e. The molecule has 3 nitrogen and oxygen atoms in total. The fraction of sp³-hybridized carbons (Fsp3) is 0.158. The molecule has 1 N–H and O–H groups in total. The fourth-order valence-corrected chi connectivity index (χ4v) is 4.47. The number of thiazole rings is 1. The summed E-state index contributed by atoms with van der Waals surface area (Å²) in [6.45, 7) is 4.09. The summed E-state index contributed by atoms with van der Waals surface area (Å²) in [5, 5.41) is 6.37. The molecule has 7 heteroatoms. The lowest BCUT2D eigenvalue weighted by Crippen LogP contribution is -2.13. The first-order valence-corrected chi connectivity index (χ1v) is 10.5. The van der Waals surface area contributed by atoms with Crippen molar-refractivity contribution in [2.45, 2.75) is 18.7 Å². The van der Waals surface area contributed by atoms with Crippen molar-refractivity contribution in [2.24, 2.45) is 0 Å². The normalized spacial score (nSPS) is 10.8. The molecule has 3 aromatic rings. The SMILES string of the molecule is Cc1ccc(C)c(SCC(=O)Nc2nc(-c3ccc(Cl)cc3Cl)cs2)c1. The van der Waals surface area contributed by atoms with Crippen LogP contribution in [0.3, 0.4) is 0 Å². The van der Waals surface area contributed by atoms with Crippen LogP contribution in [-0.2, 0) is 4.79 Å². The molecule has 0 aliphatic heterocycles. The van der Waals surface area contributed by atoms with Crippen LogP contribution >= 0.6 is 46.3 Å². The van der Waals surface area contributed by atoms with Gasteiger partial charge in [-0.25, -0.2) is 4.98 Å². The minimum absolute atomic E-state index is 0.0843. The quantitative estimate of drug-likeness (QED) is 0.479. The number of amides is 1. The number of carbonyl (C=O) groups excluding carboxylic acids is 1. The lowest BCUT2D eigenvalue weighted by molar-refractivity contribution is -0.113. The number of hydrogen-bond donors (Lipinski definition) is 1. The van der Waals surface area contributed by atoms with Gasteiger partial charge in [-0.3, -0.25) is 4.79 Å². The second-order valence-electron chi connectivity index (χ2n) is 5.77. The lowest BCUT2D eigenvalue weighted by Gasteiger charge is -2.06. The van der Waals surface area contributed by atoms with Gasteiger partial charge in [-0.05, 0) is 43.7 Å². The van der Waals surface area contributed by atoms with E-state index in [0.29, 0.717) is 26.6 Å². The highest BCUT2D eigenvalue weighted by Gasteiger charge is 2.11. The molecule has 0 spiro atoms. The van der Waals surface area contributed by atoms with Crippen LogP contribution in [0.15, 0.2) is 46.7 Å². The molecule has 2 aromatic carbocycles. The third-order valence-electron chi connectivity index (χ3n) is 3.66. The van der Waals surface area contributed by atoms with Gasteiger partial charge in [0.15, 0.2) is 5.13 Å². The Morgan fingerprint density at radius 3 is 2.77 bits per heavy atom. The summed E-state index contributed by atoms with van der Waals surface area (Å²) < 4.78 is 0. The van der Waals surface area contributed by atoms with Crippen molar-refractivity contribution in [2.75, 3.05) is 11.1 Å². The Kier molecular flexibility index (Phi) is 6.24. The number of aryl methyl sites for hydroxylation is 2. The van der Waals surface area contributed by atoms with Gasteiger partial charge in [-0.2, -0.15) is 0 Å². The monoisotopic (exact) mass is 422 g/mol. The molecule has 0 fully saturated rings. The van der Waals surface area contributed by atoms with Crippen molar-refractivity contribution in [3.8, 4) is 11.3 Å². The van der Waals surface area contributed by atoms with Crippen LogP contribution < -0.4 is 5.32 Å². The molecular weight excluding hydrogens is 407 g/mol. The first kappa shape index (κ1) is 19.2. The molecular formula is C19H16Cl2N2OS2. The van der Waals surface area contributed by atoms with Gasteiger partial charge in [0.2, 0.25) is 5.91 Å². The summed E-state index contributed by atoms with van der Waals surface area (Å²) in [7, 11) is 0. The van der Waals surface area contributed by atoms with Crippen LogP contribution in [0.2, 0.25) is 10.0 Å². The second kappa shape index (κ2) is 8.44. The van der Waals surface area contributed by atoms with Crippen LogP contribution in [0.5, 0.6) is 0 Å². The molecule has 1 heterocycles. The summed E-state index contributed by atoms with van der Waals surface area (Å²) in [4.78, 5) is 17.8. The maximum Gasteiger partial charge on any atom is 0.236 e. The largest absolute Gasteiger partial charge is 0.301 e. The minimum Gasteiger partial charge on any atom is -0.301 e. The molecule has 1 aromatic heterocycles. The Hall–Kier alpha value is -1.53. The minimum atomic E-state index is -0.0843. The van der Waals surface area contributed by atoms with E-state index in [1.807, 2.05) is 25.3 Å². The average Bonchev–Trinajstić information content (AvgIpc) is 3.03. The standard InChI is InChI=1S/C19H16Cl2N2OS2/c1-11-3-4-12(2)17(7-11)25-10-18(24)23-19-22-16(9-26-19)14-6-5-13(20)8-15(14)21/h3-9H,10H2,1-2H3,(H,22,23,24). The number of rotatable bonds is 5. The highest BCUT2D eigenvalue weighted by atomic mass is 35.5. The van der Waals surface area contributed by atoms with Gasteiger partial charge in [0.1, 0.15) is 0 Å². The van der Waals surface area contributed by atoms with Gasteiger partial charge in [0.05, 0.1) is 16.5 Å². The number of nitrogens with one attached hydrogen (secondary N) is 1. The number of halogens is 2. The number of aromatic nitrogens is 1. The predicted octanol–water partition coefficient (Wildman–Crippen LogP) is 6.46. The third-order valence-corrected chi connectivity index (χ3v) is 6.12. The number of nitrogens with zero attached hydrogens (tertiary/aromatic N) is 1. The van der Waals surface area contributed by atoms with Crippen molar-refractivity contribution in [1.29, 1.82) is 0 Å². The van der Waals surface area contributed by atoms with E-state index >= 15 is 0 Å². The van der Waals surface area contributed by atoms with Crippen molar-refractivity contribution in [3.63, 3.8) is 0 Å². The first-order chi connectivity index (χ1) is 12.4. The van der Waals surface area contributed by atoms with Crippen LogP contribution in [0, 0.1) is 13.8 Å². The summed E-state index contributed by atoms with van der Waals surface area (Å²) in [5.74, 6) is 0.250. The molecule has 0 radical (unpaired) electrons. The van der Waals surface area contributed by atoms with Crippen molar-refractivity contribution < 1.29 is 4.79 Å². The van der Waals surface area contributed by atoms with Gasteiger partial charge in [0.25, 0.3) is 0 Å². The second-order valence-corrected chi connectivity index (χ2v) is 8.49. The van der Waals surface area contributed by atoms with E-state index in [1.54, 1.807) is 12.1 Å². The van der Waals surface area contributed by atoms with Crippen molar-refractivity contribution >= 4 is 57.3 Å². The predicted molar refractivity (Wildman–Crippen MR) is 113 cm³/mol. The van der Waals surface area contributed by atoms with Gasteiger partial charge in [-0.1, -0.05) is 40.9 Å². The summed E-state index contributed by atoms with van der Waals surface area (Å²) in [6.07, 6.45) is 0. The van der Waals surface area contributed by atoms with E-state index in [9.17, 15) is 4.79 Å². The van der Waals surface area contributed by atoms with E-state index in [4.69, 9.17) is 23.2 Å². The molecule has 1 amide bonds. The van der Waals surface area contributed by atoms with Gasteiger partial charge < -0.3 is 5.32 Å². The van der Waals surface area contributed by atoms with Gasteiger partial charge >= 0.3 is 0 Å². The Morgan fingerprint density at radius 2 is 2.00 bits per heavy atom. The van der Waals surface area contributed by atoms with Gasteiger partial charge in [0, 0.05) is 20.9 Å². The highest BCUT2D eigenvalue weighted by Crippen LogP contribution is 2.32. The maximum absolute atomic E-state index is 12.2. The van der Waals surface area contributed by atoms with E-state index in [1.165, 1.54) is 34.2 Å². The summed E-state index contributed by atoms with van der Waals surface area (Å²) >= 11 is 15.0. The van der Waals surface area contributed by atoms with E-state index < -0.39 is 0 Å². The van der Waals surface area contributed by atoms with Gasteiger partial charge in [-0.15, -0.1) is 23.1 Å². The highest BCUT2D eigenvalue weighted by molar-refractivity contribution is 8.00. The van der Waals surface area contributed by atoms with Crippen molar-refractivity contribution in [1.82, 2.24) is 4.98 Å². The molecule has 3 rings (SSSR count). The zero-order valence-electron chi connectivity index (χ0n) is 14.2. The number of carbonyl (C=O) groups is 1. The molecule has 26 heavy (non-hydrogen) atoms. The van der Waals surface area contributed by atoms with E-state index in [2.05, 4.69) is 28.5 Å². The van der Waals surface area contributed by atoms with Crippen LogP contribution in [-0.4, -0.2) is 16.6 Å². The van der Waals surface area contributed by atoms with E-state index in [0.717, 1.165) is 10.5 Å². The van der Waals surface area contributed by atoms with Crippen molar-refractivity contribution in [3.05, 3.63) is 63.0 Å². The average molecular weight is 423 g/mol. The van der Waals surface area contributed by atoms with Crippen LogP contribution in [0.25, 0.3) is 11.3 Å². The zero-order chi connectivity index (χ0) is 18.7. The Bertz CT molecular complexity index is 956. The Balaban J connectivity index is 1.63. The number of benzene rings is 2. The molecule has 0 aliphatic rings. The van der Waals surface area contributed by atoms with E-state index in [-0.39, 0.29) is 5.91 Å². The summed E-state index contributed by atoms with van der Waals surface area (Å²) in [5.41, 5.74) is 3.86. The van der Waals surface area contributed by atoms with Crippen LogP contribution in [0.4, 0.5) is 5.13 Å². The Labute approximate surface area is 170 Å². The number of anilines is 1. The maximum atomic E-state index is 12.2. The number of hydrogen-bond acceptors (Lipinski definition) is 4. The molecule has 0 aliphatic carbocycles. The molecule has 0 saturated carbocycles. The molecule has 0 unspecified atom stereocenters. The Morgan fingerprint density at radius 1 is 1.19 bits per heavy atom. The molecule has 0 bridgehead atoms. The van der Waals surface area contributed by atoms with Crippen LogP contribution in [0.1, 0.15) is 11.1 Å². The molecule has 134 valence electrons.